The van der Waals surface area contributed by atoms with Gasteiger partial charge in [-0.2, -0.15) is 0 Å². The highest BCUT2D eigenvalue weighted by molar-refractivity contribution is 5.76. The fourth-order valence-electron chi connectivity index (χ4n) is 2.22. The second-order valence-electron chi connectivity index (χ2n) is 5.96. The Morgan fingerprint density at radius 2 is 1.67 bits per heavy atom. The third-order valence-corrected chi connectivity index (χ3v) is 3.72. The van der Waals surface area contributed by atoms with Gasteiger partial charge in [-0.15, -0.1) is 6.58 Å². The minimum absolute atomic E-state index is 0.110. The molecule has 0 saturated carbocycles. The van der Waals surface area contributed by atoms with Gasteiger partial charge in [0, 0.05) is 13.0 Å². The van der Waals surface area contributed by atoms with Crippen LogP contribution in [0.1, 0.15) is 78.1 Å². The van der Waals surface area contributed by atoms with Crippen molar-refractivity contribution >= 4 is 5.91 Å². The van der Waals surface area contributed by atoms with E-state index in [-0.39, 0.29) is 11.8 Å². The fourth-order valence-corrected chi connectivity index (χ4v) is 2.22. The summed E-state index contributed by atoms with van der Waals surface area (Å²) in [6, 6.07) is 0. The van der Waals surface area contributed by atoms with E-state index < -0.39 is 0 Å². The molecule has 0 aliphatic rings. The molecule has 0 heterocycles. The second-order valence-corrected chi connectivity index (χ2v) is 5.96. The van der Waals surface area contributed by atoms with Crippen LogP contribution in [0.25, 0.3) is 0 Å². The summed E-state index contributed by atoms with van der Waals surface area (Å²) in [6.07, 6.45) is 18.6. The zero-order valence-corrected chi connectivity index (χ0v) is 14.2. The summed E-state index contributed by atoms with van der Waals surface area (Å²) in [6.45, 7) is 8.60. The lowest BCUT2D eigenvalue weighted by atomic mass is 10.1. The van der Waals surface area contributed by atoms with Crippen LogP contribution in [-0.2, 0) is 4.79 Å². The first-order chi connectivity index (χ1) is 10.2. The molecule has 0 radical (unpaired) electrons. The average molecular weight is 293 g/mol. The summed E-state index contributed by atoms with van der Waals surface area (Å²) in [5, 5.41) is 2.91. The highest BCUT2D eigenvalue weighted by atomic mass is 16.1. The van der Waals surface area contributed by atoms with Crippen molar-refractivity contribution in [1.29, 1.82) is 0 Å². The Kier molecular flexibility index (Phi) is 14.6. The van der Waals surface area contributed by atoms with Crippen molar-refractivity contribution < 1.29 is 4.79 Å². The van der Waals surface area contributed by atoms with E-state index in [1.807, 2.05) is 13.0 Å². The monoisotopic (exact) mass is 293 g/mol. The number of carbonyl (C=O) groups excluding carboxylic acids is 1. The van der Waals surface area contributed by atoms with Crippen molar-refractivity contribution in [3.05, 3.63) is 24.8 Å². The Morgan fingerprint density at radius 1 is 1.05 bits per heavy atom. The molecule has 122 valence electrons. The molecule has 0 fully saturated rings. The SMILES string of the molecule is C=CC(C)CC(=O)NC/C=C/CCCCCCCCCC. The molecule has 1 N–H and O–H groups in total. The Balaban J connectivity index is 3.29. The Morgan fingerprint density at radius 3 is 2.29 bits per heavy atom. The lowest BCUT2D eigenvalue weighted by molar-refractivity contribution is -0.121. The maximum Gasteiger partial charge on any atom is 0.220 e. The molecule has 1 atom stereocenters. The largest absolute Gasteiger partial charge is 0.353 e. The van der Waals surface area contributed by atoms with Crippen LogP contribution in [0, 0.1) is 5.92 Å². The van der Waals surface area contributed by atoms with Gasteiger partial charge in [-0.05, 0) is 18.8 Å². The fraction of sp³-hybridized carbons (Fsp3) is 0.737. The molecule has 0 aromatic rings. The summed E-state index contributed by atoms with van der Waals surface area (Å²) >= 11 is 0. The molecule has 0 rings (SSSR count). The van der Waals surface area contributed by atoms with Gasteiger partial charge in [-0.1, -0.05) is 77.0 Å². The zero-order valence-electron chi connectivity index (χ0n) is 14.2. The molecule has 0 bridgehead atoms. The summed E-state index contributed by atoms with van der Waals surface area (Å²) in [4.78, 5) is 11.5. The van der Waals surface area contributed by atoms with E-state index in [0.717, 1.165) is 6.42 Å². The molecule has 0 aliphatic carbocycles. The van der Waals surface area contributed by atoms with Crippen LogP contribution in [0.5, 0.6) is 0 Å². The number of rotatable bonds is 14. The first-order valence-corrected chi connectivity index (χ1v) is 8.75. The Labute approximate surface area is 132 Å². The average Bonchev–Trinajstić information content (AvgIpc) is 2.48. The number of allylic oxidation sites excluding steroid dienone is 2. The predicted octanol–water partition coefficient (Wildman–Crippen LogP) is 5.40. The highest BCUT2D eigenvalue weighted by Crippen LogP contribution is 2.09. The summed E-state index contributed by atoms with van der Waals surface area (Å²) in [5.74, 6) is 0.366. The van der Waals surface area contributed by atoms with Gasteiger partial charge >= 0.3 is 0 Å². The standard InChI is InChI=1S/C19H35NO/c1-4-6-7-8-9-10-11-12-13-14-15-16-20-19(21)17-18(3)5-2/h5,14-15,18H,2,4,6-13,16-17H2,1,3H3,(H,20,21)/b15-14+. The molecule has 1 unspecified atom stereocenters. The quantitative estimate of drug-likeness (QED) is 0.337. The van der Waals surface area contributed by atoms with Gasteiger partial charge in [0.2, 0.25) is 5.91 Å². The van der Waals surface area contributed by atoms with Gasteiger partial charge in [-0.25, -0.2) is 0 Å². The lowest BCUT2D eigenvalue weighted by Crippen LogP contribution is -2.24. The highest BCUT2D eigenvalue weighted by Gasteiger charge is 2.03. The van der Waals surface area contributed by atoms with E-state index in [1.165, 1.54) is 51.4 Å². The zero-order chi connectivity index (χ0) is 15.8. The van der Waals surface area contributed by atoms with Crippen LogP contribution in [0.3, 0.4) is 0 Å². The molecule has 2 heteroatoms. The first kappa shape index (κ1) is 19.9. The van der Waals surface area contributed by atoms with E-state index >= 15 is 0 Å². The van der Waals surface area contributed by atoms with E-state index in [4.69, 9.17) is 0 Å². The molecule has 0 aliphatic heterocycles. The van der Waals surface area contributed by atoms with Crippen LogP contribution < -0.4 is 5.32 Å². The third-order valence-electron chi connectivity index (χ3n) is 3.72. The number of unbranched alkanes of at least 4 members (excludes halogenated alkanes) is 8. The molecule has 0 aromatic carbocycles. The van der Waals surface area contributed by atoms with E-state index in [2.05, 4.69) is 31.0 Å². The van der Waals surface area contributed by atoms with Crippen molar-refractivity contribution in [2.24, 2.45) is 5.92 Å². The van der Waals surface area contributed by atoms with Crippen LogP contribution in [0.15, 0.2) is 24.8 Å². The first-order valence-electron chi connectivity index (χ1n) is 8.75. The molecule has 0 saturated heterocycles. The second kappa shape index (κ2) is 15.3. The van der Waals surface area contributed by atoms with Crippen LogP contribution in [-0.4, -0.2) is 12.5 Å². The van der Waals surface area contributed by atoms with Gasteiger partial charge in [0.1, 0.15) is 0 Å². The van der Waals surface area contributed by atoms with Gasteiger partial charge in [0.25, 0.3) is 0 Å². The van der Waals surface area contributed by atoms with Crippen molar-refractivity contribution in [2.45, 2.75) is 78.1 Å². The maximum absolute atomic E-state index is 11.5. The van der Waals surface area contributed by atoms with Crippen LogP contribution in [0.4, 0.5) is 0 Å². The number of hydrogen-bond donors (Lipinski definition) is 1. The number of hydrogen-bond acceptors (Lipinski definition) is 1. The normalized spacial score (nSPS) is 12.5. The Bertz CT molecular complexity index is 283. The summed E-state index contributed by atoms with van der Waals surface area (Å²) in [5.41, 5.74) is 0. The van der Waals surface area contributed by atoms with Crippen molar-refractivity contribution in [3.63, 3.8) is 0 Å². The lowest BCUT2D eigenvalue weighted by Gasteiger charge is -2.05. The van der Waals surface area contributed by atoms with Gasteiger partial charge in [0.05, 0.1) is 0 Å². The van der Waals surface area contributed by atoms with Gasteiger partial charge < -0.3 is 5.32 Å². The molecular weight excluding hydrogens is 258 g/mol. The minimum Gasteiger partial charge on any atom is -0.353 e. The van der Waals surface area contributed by atoms with Crippen molar-refractivity contribution in [3.8, 4) is 0 Å². The van der Waals surface area contributed by atoms with E-state index in [9.17, 15) is 4.79 Å². The molecular formula is C19H35NO. The van der Waals surface area contributed by atoms with E-state index in [0.29, 0.717) is 13.0 Å². The smallest absolute Gasteiger partial charge is 0.220 e. The third kappa shape index (κ3) is 15.2. The Hall–Kier alpha value is -1.05. The molecule has 21 heavy (non-hydrogen) atoms. The molecule has 0 spiro atoms. The summed E-state index contributed by atoms with van der Waals surface area (Å²) in [7, 11) is 0. The summed E-state index contributed by atoms with van der Waals surface area (Å²) < 4.78 is 0. The number of carbonyl (C=O) groups is 1. The predicted molar refractivity (Wildman–Crippen MR) is 93.4 cm³/mol. The van der Waals surface area contributed by atoms with E-state index in [1.54, 1.807) is 0 Å². The van der Waals surface area contributed by atoms with Crippen LogP contribution >= 0.6 is 0 Å². The van der Waals surface area contributed by atoms with Crippen LogP contribution in [0.2, 0.25) is 0 Å². The van der Waals surface area contributed by atoms with Gasteiger partial charge in [0.15, 0.2) is 0 Å². The molecule has 1 amide bonds. The van der Waals surface area contributed by atoms with Crippen molar-refractivity contribution in [2.75, 3.05) is 6.54 Å². The molecule has 0 aromatic heterocycles. The topological polar surface area (TPSA) is 29.1 Å². The molecule has 2 nitrogen and oxygen atoms in total. The number of amides is 1. The number of nitrogens with one attached hydrogen (secondary N) is 1. The van der Waals surface area contributed by atoms with Crippen molar-refractivity contribution in [1.82, 2.24) is 5.32 Å². The van der Waals surface area contributed by atoms with Gasteiger partial charge in [-0.3, -0.25) is 4.79 Å². The maximum atomic E-state index is 11.5. The minimum atomic E-state index is 0.110.